The number of cyclic esters (lactones) is 1. The molecule has 4 rings (SSSR count). The van der Waals surface area contributed by atoms with Crippen molar-refractivity contribution in [2.45, 2.75) is 12.6 Å². The fraction of sp³-hybridized carbons (Fsp3) is 0.409. The SMILES string of the molecule is COCCOCCN1CC(COc2cccc3c(NCc4ccco4)nc(Cl)nc23)OC1=O. The number of nitrogens with zero attached hydrogens (tertiary/aromatic N) is 3. The Bertz CT molecular complexity index is 1060. The molecule has 1 unspecified atom stereocenters. The number of hydrogen-bond acceptors (Lipinski definition) is 9. The molecule has 11 heteroatoms. The molecular formula is C22H25ClN4O6. The molecular weight excluding hydrogens is 452 g/mol. The van der Waals surface area contributed by atoms with E-state index >= 15 is 0 Å². The van der Waals surface area contributed by atoms with Gasteiger partial charge in [-0.1, -0.05) is 6.07 Å². The van der Waals surface area contributed by atoms with Gasteiger partial charge in [0, 0.05) is 19.0 Å². The van der Waals surface area contributed by atoms with Gasteiger partial charge in [-0.2, -0.15) is 0 Å². The lowest BCUT2D eigenvalue weighted by molar-refractivity contribution is 0.0620. The standard InChI is InChI=1S/C22H25ClN4O6/c1-29-10-11-30-9-7-27-13-16(33-22(27)28)14-32-18-6-2-5-17-19(18)25-21(23)26-20(17)24-12-15-4-3-8-31-15/h2-6,8,16H,7,9-14H2,1H3,(H,24,25,26). The maximum atomic E-state index is 12.1. The molecule has 0 saturated carbocycles. The maximum absolute atomic E-state index is 12.1. The predicted octanol–water partition coefficient (Wildman–Crippen LogP) is 3.35. The van der Waals surface area contributed by atoms with Crippen molar-refractivity contribution < 1.29 is 28.2 Å². The van der Waals surface area contributed by atoms with E-state index in [0.717, 1.165) is 11.1 Å². The summed E-state index contributed by atoms with van der Waals surface area (Å²) in [6.07, 6.45) is 0.826. The van der Waals surface area contributed by atoms with Gasteiger partial charge < -0.3 is 33.6 Å². The molecule has 0 bridgehead atoms. The molecule has 176 valence electrons. The molecule has 2 aromatic heterocycles. The van der Waals surface area contributed by atoms with Crippen LogP contribution >= 0.6 is 11.6 Å². The summed E-state index contributed by atoms with van der Waals surface area (Å²) in [4.78, 5) is 22.3. The molecule has 1 fully saturated rings. The lowest BCUT2D eigenvalue weighted by Crippen LogP contribution is -2.30. The largest absolute Gasteiger partial charge is 0.487 e. The highest BCUT2D eigenvalue weighted by atomic mass is 35.5. The fourth-order valence-electron chi connectivity index (χ4n) is 3.38. The summed E-state index contributed by atoms with van der Waals surface area (Å²) in [6, 6.07) is 9.20. The monoisotopic (exact) mass is 476 g/mol. The van der Waals surface area contributed by atoms with Crippen molar-refractivity contribution in [3.63, 3.8) is 0 Å². The molecule has 1 aromatic carbocycles. The average molecular weight is 477 g/mol. The molecule has 0 radical (unpaired) electrons. The number of carbonyl (C=O) groups is 1. The number of nitrogens with one attached hydrogen (secondary N) is 1. The van der Waals surface area contributed by atoms with Crippen molar-refractivity contribution in [1.29, 1.82) is 0 Å². The second kappa shape index (κ2) is 11.2. The Morgan fingerprint density at radius 2 is 2.12 bits per heavy atom. The van der Waals surface area contributed by atoms with Gasteiger partial charge in [0.15, 0.2) is 6.10 Å². The minimum atomic E-state index is -0.402. The normalized spacial score (nSPS) is 15.8. The number of methoxy groups -OCH3 is 1. The molecule has 0 spiro atoms. The number of furan rings is 1. The van der Waals surface area contributed by atoms with E-state index in [-0.39, 0.29) is 18.0 Å². The fourth-order valence-corrected chi connectivity index (χ4v) is 3.55. The van der Waals surface area contributed by atoms with Crippen molar-refractivity contribution in [3.8, 4) is 5.75 Å². The van der Waals surface area contributed by atoms with Crippen LogP contribution < -0.4 is 10.1 Å². The first kappa shape index (κ1) is 23.1. The summed E-state index contributed by atoms with van der Waals surface area (Å²) in [5.41, 5.74) is 0.562. The summed E-state index contributed by atoms with van der Waals surface area (Å²) in [5, 5.41) is 4.06. The van der Waals surface area contributed by atoms with Gasteiger partial charge in [-0.25, -0.2) is 14.8 Å². The number of anilines is 1. The van der Waals surface area contributed by atoms with Crippen molar-refractivity contribution in [3.05, 3.63) is 47.6 Å². The van der Waals surface area contributed by atoms with Crippen molar-refractivity contribution >= 4 is 34.4 Å². The minimum absolute atomic E-state index is 0.0902. The number of para-hydroxylation sites is 1. The molecule has 33 heavy (non-hydrogen) atoms. The minimum Gasteiger partial charge on any atom is -0.487 e. The highest BCUT2D eigenvalue weighted by Gasteiger charge is 2.31. The lowest BCUT2D eigenvalue weighted by atomic mass is 10.2. The first-order valence-electron chi connectivity index (χ1n) is 10.5. The van der Waals surface area contributed by atoms with E-state index in [1.54, 1.807) is 24.3 Å². The summed E-state index contributed by atoms with van der Waals surface area (Å²) in [6.45, 7) is 2.91. The van der Waals surface area contributed by atoms with Crippen LogP contribution in [0.1, 0.15) is 5.76 Å². The van der Waals surface area contributed by atoms with E-state index in [2.05, 4.69) is 15.3 Å². The Balaban J connectivity index is 1.37. The van der Waals surface area contributed by atoms with Crippen LogP contribution in [-0.2, 0) is 20.8 Å². The van der Waals surface area contributed by atoms with Gasteiger partial charge >= 0.3 is 6.09 Å². The average Bonchev–Trinajstić information content (AvgIpc) is 3.45. The van der Waals surface area contributed by atoms with Crippen LogP contribution in [-0.4, -0.2) is 73.7 Å². The molecule has 1 aliphatic rings. The first-order valence-corrected chi connectivity index (χ1v) is 10.9. The Hall–Kier alpha value is -3.08. The number of fused-ring (bicyclic) bond motifs is 1. The zero-order chi connectivity index (χ0) is 23.0. The first-order chi connectivity index (χ1) is 16.1. The molecule has 3 heterocycles. The molecule has 0 aliphatic carbocycles. The van der Waals surface area contributed by atoms with Crippen molar-refractivity contribution in [2.75, 3.05) is 51.9 Å². The lowest BCUT2D eigenvalue weighted by Gasteiger charge is -2.14. The van der Waals surface area contributed by atoms with Gasteiger partial charge in [-0.05, 0) is 35.9 Å². The highest BCUT2D eigenvalue weighted by molar-refractivity contribution is 6.29. The van der Waals surface area contributed by atoms with Gasteiger partial charge in [-0.3, -0.25) is 0 Å². The third-order valence-electron chi connectivity index (χ3n) is 4.98. The van der Waals surface area contributed by atoms with Crippen LogP contribution in [0, 0.1) is 0 Å². The number of benzene rings is 1. The molecule has 1 amide bonds. The Morgan fingerprint density at radius 1 is 1.21 bits per heavy atom. The molecule has 1 aliphatic heterocycles. The van der Waals surface area contributed by atoms with E-state index in [1.807, 2.05) is 24.3 Å². The predicted molar refractivity (Wildman–Crippen MR) is 121 cm³/mol. The van der Waals surface area contributed by atoms with Crippen LogP contribution in [0.2, 0.25) is 5.28 Å². The number of halogens is 1. The molecule has 10 nitrogen and oxygen atoms in total. The number of carbonyl (C=O) groups excluding carboxylic acids is 1. The number of rotatable bonds is 12. The maximum Gasteiger partial charge on any atom is 0.410 e. The number of aromatic nitrogens is 2. The van der Waals surface area contributed by atoms with E-state index in [1.165, 1.54) is 0 Å². The number of amides is 1. The number of ether oxygens (including phenoxy) is 4. The van der Waals surface area contributed by atoms with Gasteiger partial charge in [0.25, 0.3) is 0 Å². The van der Waals surface area contributed by atoms with E-state index in [0.29, 0.717) is 56.5 Å². The second-order valence-electron chi connectivity index (χ2n) is 7.29. The Labute approximate surface area is 195 Å². The van der Waals surface area contributed by atoms with Crippen LogP contribution in [0.5, 0.6) is 5.75 Å². The van der Waals surface area contributed by atoms with Crippen LogP contribution in [0.25, 0.3) is 10.9 Å². The Kier molecular flexibility index (Phi) is 7.82. The van der Waals surface area contributed by atoms with Crippen LogP contribution in [0.3, 0.4) is 0 Å². The summed E-state index contributed by atoms with van der Waals surface area (Å²) < 4.78 is 27.1. The zero-order valence-corrected chi connectivity index (χ0v) is 18.9. The summed E-state index contributed by atoms with van der Waals surface area (Å²) in [7, 11) is 1.61. The second-order valence-corrected chi connectivity index (χ2v) is 7.63. The molecule has 3 aromatic rings. The third-order valence-corrected chi connectivity index (χ3v) is 5.15. The van der Waals surface area contributed by atoms with E-state index in [9.17, 15) is 4.79 Å². The summed E-state index contributed by atoms with van der Waals surface area (Å²) in [5.74, 6) is 1.86. The van der Waals surface area contributed by atoms with E-state index in [4.69, 9.17) is 35.0 Å². The smallest absolute Gasteiger partial charge is 0.410 e. The van der Waals surface area contributed by atoms with Gasteiger partial charge in [0.1, 0.15) is 29.5 Å². The molecule has 1 saturated heterocycles. The quantitative estimate of drug-likeness (QED) is 0.311. The molecule has 1 atom stereocenters. The topological polar surface area (TPSA) is 108 Å². The summed E-state index contributed by atoms with van der Waals surface area (Å²) >= 11 is 6.17. The van der Waals surface area contributed by atoms with Crippen LogP contribution in [0.15, 0.2) is 41.0 Å². The van der Waals surface area contributed by atoms with Gasteiger partial charge in [-0.15, -0.1) is 0 Å². The highest BCUT2D eigenvalue weighted by Crippen LogP contribution is 2.30. The number of hydrogen-bond donors (Lipinski definition) is 1. The van der Waals surface area contributed by atoms with Gasteiger partial charge in [0.05, 0.1) is 39.2 Å². The van der Waals surface area contributed by atoms with Crippen LogP contribution in [0.4, 0.5) is 10.6 Å². The zero-order valence-electron chi connectivity index (χ0n) is 18.2. The van der Waals surface area contributed by atoms with Crippen molar-refractivity contribution in [1.82, 2.24) is 14.9 Å². The van der Waals surface area contributed by atoms with E-state index < -0.39 is 6.10 Å². The van der Waals surface area contributed by atoms with Gasteiger partial charge in [0.2, 0.25) is 5.28 Å². The Morgan fingerprint density at radius 3 is 2.94 bits per heavy atom. The van der Waals surface area contributed by atoms with Crippen molar-refractivity contribution in [2.24, 2.45) is 0 Å². The third kappa shape index (κ3) is 6.04. The molecule has 1 N–H and O–H groups in total.